The van der Waals surface area contributed by atoms with E-state index in [-0.39, 0.29) is 85.3 Å². The largest absolute Gasteiger partial charge is 0.507 e. The van der Waals surface area contributed by atoms with Crippen molar-refractivity contribution in [2.24, 2.45) is 35.4 Å². The molecule has 11 aromatic carbocycles. The van der Waals surface area contributed by atoms with Gasteiger partial charge in [-0.2, -0.15) is 51.4 Å². The van der Waals surface area contributed by atoms with Crippen LogP contribution < -0.4 is 85.4 Å². The van der Waals surface area contributed by atoms with Crippen LogP contribution in [0.5, 0.6) is 34.5 Å². The Morgan fingerprint density at radius 3 is 1.57 bits per heavy atom. The monoisotopic (exact) mass is 2160 g/mol. The van der Waals surface area contributed by atoms with E-state index in [2.05, 4.69) is 91.0 Å². The molecule has 3 aliphatic rings. The van der Waals surface area contributed by atoms with Crippen molar-refractivity contribution in [3.8, 4) is 34.5 Å². The van der Waals surface area contributed by atoms with Gasteiger partial charge < -0.3 is 60.8 Å². The van der Waals surface area contributed by atoms with Crippen LogP contribution in [0.3, 0.4) is 0 Å². The van der Waals surface area contributed by atoms with E-state index in [1.54, 1.807) is 65.6 Å². The van der Waals surface area contributed by atoms with Crippen LogP contribution >= 0.6 is 118 Å². The number of phenols is 1. The predicted molar refractivity (Wildman–Crippen MR) is 540 cm³/mol. The highest BCUT2D eigenvalue weighted by atomic mass is 35.5. The third kappa shape index (κ3) is 32.4. The molecule has 0 radical (unpaired) electrons. The first-order valence-electron chi connectivity index (χ1n) is 41.5. The number of nitrogens with two attached hydrogens (primary N) is 6. The van der Waals surface area contributed by atoms with Crippen molar-refractivity contribution in [1.82, 2.24) is 4.72 Å². The molecule has 1 unspecified atom stereocenters. The molecule has 51 heteroatoms. The molecule has 40 nitrogen and oxygen atoms in total. The van der Waals surface area contributed by atoms with E-state index in [1.165, 1.54) is 65.9 Å². The number of anilines is 6. The van der Waals surface area contributed by atoms with E-state index in [0.717, 1.165) is 127 Å². The highest BCUT2D eigenvalue weighted by molar-refractivity contribution is 7.96. The fraction of sp³-hybridized carbons (Fsp3) is 0.165. The molecule has 752 valence electrons. The number of rotatable bonds is 38. The van der Waals surface area contributed by atoms with Gasteiger partial charge in [-0.1, -0.05) is 151 Å². The lowest BCUT2D eigenvalue weighted by molar-refractivity contribution is -0.195. The Kier molecular flexibility index (Phi) is 45.4. The molecule has 0 saturated carbocycles. The molecule has 12 aromatic rings. The number of amides is 2. The average Bonchev–Trinajstić information content (AvgIpc) is 0.826. The topological polar surface area (TPSA) is 579 Å². The number of unbranched alkanes of at least 4 members (excludes halogenated alkanes) is 1. The number of aryl methyl sites for hydroxylation is 3. The van der Waals surface area contributed by atoms with Crippen LogP contribution in [-0.4, -0.2) is 96.8 Å². The number of halogens is 3. The van der Waals surface area contributed by atoms with Crippen molar-refractivity contribution in [3.05, 3.63) is 299 Å². The summed E-state index contributed by atoms with van der Waals surface area (Å²) in [5, 5.41) is 55.1. The van der Waals surface area contributed by atoms with Gasteiger partial charge in [-0.25, -0.2) is 22.8 Å². The fourth-order valence-electron chi connectivity index (χ4n) is 13.3. The SMILES string of the molecule is CCCCNc1cc(C(=O)O)cc(SOON)c1Oc1ccccc1.Cc1cccc(C)c1NC(=O)c1cc(SOON)c(Cl)cc1O.Cc1ccccc1N1C(=O)c2cc(SOON)c(Cl)cc2NC1C.NOOSc1cc(C(=O)O)cc(N2CCCC2)c1Oc1ccccc1.NOOSc1cc(C(=O)O)cc(OCc2ccsc2)c1C(=O)c1ccccc1.NOOSc1cc2c(cc1Cl)NCNS2(=O)=O. The molecule has 1 saturated heterocycles. The van der Waals surface area contributed by atoms with E-state index in [9.17, 15) is 57.6 Å². The Bertz CT molecular complexity index is 6400. The summed E-state index contributed by atoms with van der Waals surface area (Å²) in [4.78, 5) is 104. The molecule has 142 heavy (non-hydrogen) atoms. The van der Waals surface area contributed by atoms with E-state index >= 15 is 0 Å². The highest BCUT2D eigenvalue weighted by Gasteiger charge is 2.34. The number of benzene rings is 11. The molecule has 0 bridgehead atoms. The first-order chi connectivity index (χ1) is 68.4. The van der Waals surface area contributed by atoms with Gasteiger partial charge in [0.05, 0.1) is 179 Å². The maximum atomic E-state index is 13.1. The molecule has 3 aliphatic heterocycles. The zero-order valence-electron chi connectivity index (χ0n) is 75.2. The Morgan fingerprint density at radius 1 is 0.535 bits per heavy atom. The fourth-order valence-corrected chi connectivity index (χ4v) is 18.8. The number of hydrogen-bond donors (Lipinski definition) is 15. The summed E-state index contributed by atoms with van der Waals surface area (Å²) in [5.41, 5.74) is 9.02. The Labute approximate surface area is 857 Å². The van der Waals surface area contributed by atoms with Gasteiger partial charge in [0.25, 0.3) is 11.8 Å². The normalized spacial score (nSPS) is 13.0. The first-order valence-corrected chi connectivity index (χ1v) is 49.5. The van der Waals surface area contributed by atoms with Gasteiger partial charge in [-0.3, -0.25) is 19.3 Å². The van der Waals surface area contributed by atoms with Crippen LogP contribution in [0.1, 0.15) is 129 Å². The summed E-state index contributed by atoms with van der Waals surface area (Å²) in [6, 6.07) is 59.9. The molecule has 2 amide bonds. The van der Waals surface area contributed by atoms with Crippen LogP contribution in [0, 0.1) is 20.8 Å². The number of thiophene rings is 1. The predicted octanol–water partition coefficient (Wildman–Crippen LogP) is 20.4. The molecular weight excluding hydrogens is 2070 g/mol. The highest BCUT2D eigenvalue weighted by Crippen LogP contribution is 2.47. The number of aromatic carboxylic acids is 3. The number of hydrogen-bond acceptors (Lipinski definition) is 41. The number of carboxylic acids is 3. The van der Waals surface area contributed by atoms with Gasteiger partial charge in [-0.15, -0.1) is 55.9 Å². The molecule has 21 N–H and O–H groups in total. The molecule has 0 spiro atoms. The molecular formula is C91H92Cl3N13O27S8. The average molecular weight is 2160 g/mol. The molecule has 1 atom stereocenters. The Balaban J connectivity index is 0.000000176. The second-order valence-electron chi connectivity index (χ2n) is 29.3. The number of fused-ring (bicyclic) bond motifs is 2. The summed E-state index contributed by atoms with van der Waals surface area (Å²) >= 11 is 24.1. The standard InChI is InChI=1S/C19H15NO6S2.C17H18N2O5S.C17H20N2O5S.C16H16ClN3O3S.C15H15ClN2O4S.C7H8ClN3O4S2/c20-25-26-28-16-9-14(19(22)23)8-15(24-10-12-6-7-27-11-12)17(16)18(21)13-4-2-1-3-5-13;18-23-24-25-15-11-12(17(20)21)10-14(19-8-4-5-9-19)16(15)22-13-6-2-1-3-7-13;1-2-3-9-19-14-10-12(17(20)21)11-15(25-24-23-18)16(14)22-13-7-5-4-6-8-13;1-9-5-3-4-6-14(9)20-10(2)19-13-8-12(17)15(24-23-22-18)7-11(13)16(20)21;1-8-4-3-5-9(2)14(8)18-15(20)10-6-13(23-22-21-17)11(16)7-12(10)19;8-4-1-5-7(2-6(4)16-15-14-9)17(12,13)11-3-10-5/h1-9,11H,10,20H2,(H,22,23);1-3,6-7,10-11H,4-5,8-9,18H2,(H,20,21);4-8,10-11,19H,2-3,9,18H2,1H3,(H,20,21);3-8,10,19H,18H2,1-2H3;3-7,19H,17H2,1-2H3,(H,18,20);1-2,10-11H,3,9H2. The lowest BCUT2D eigenvalue weighted by atomic mass is 10.0. The summed E-state index contributed by atoms with van der Waals surface area (Å²) in [7, 11) is -3.52. The number of nitrogens with one attached hydrogen (secondary N) is 5. The third-order valence-corrected chi connectivity index (χ3v) is 27.2. The summed E-state index contributed by atoms with van der Waals surface area (Å²) in [6.45, 7) is 12.4. The van der Waals surface area contributed by atoms with E-state index < -0.39 is 33.8 Å². The van der Waals surface area contributed by atoms with E-state index in [1.807, 2.05) is 136 Å². The number of ether oxygens (including phenoxy) is 3. The van der Waals surface area contributed by atoms with Gasteiger partial charge in [0.1, 0.15) is 40.7 Å². The summed E-state index contributed by atoms with van der Waals surface area (Å²) in [5.74, 6) is 27.0. The number of para-hydroxylation sites is 4. The van der Waals surface area contributed by atoms with Crippen molar-refractivity contribution >= 4 is 198 Å². The van der Waals surface area contributed by atoms with Crippen LogP contribution in [0.25, 0.3) is 0 Å². The van der Waals surface area contributed by atoms with Gasteiger partial charge in [0, 0.05) is 42.6 Å². The number of nitrogens with zero attached hydrogens (tertiary/aromatic N) is 2. The smallest absolute Gasteiger partial charge is 0.335 e. The van der Waals surface area contributed by atoms with Crippen LogP contribution in [0.4, 0.5) is 34.1 Å². The molecule has 1 fully saturated rings. The zero-order chi connectivity index (χ0) is 102. The van der Waals surface area contributed by atoms with Crippen molar-refractivity contribution in [3.63, 3.8) is 0 Å². The van der Waals surface area contributed by atoms with Gasteiger partial charge in [0.2, 0.25) is 10.0 Å². The lowest BCUT2D eigenvalue weighted by Crippen LogP contribution is -2.47. The minimum absolute atomic E-state index is 0.0557. The van der Waals surface area contributed by atoms with Gasteiger partial charge in [-0.05, 0) is 183 Å². The van der Waals surface area contributed by atoms with Crippen LogP contribution in [-0.2, 0) is 72.6 Å². The van der Waals surface area contributed by atoms with Crippen molar-refractivity contribution in [2.75, 3.05) is 57.4 Å². The number of sulfonamides is 1. The minimum atomic E-state index is -3.52. The number of ketones is 1. The van der Waals surface area contributed by atoms with Crippen molar-refractivity contribution in [1.29, 1.82) is 0 Å². The van der Waals surface area contributed by atoms with Crippen LogP contribution in [0.15, 0.2) is 257 Å². The zero-order valence-corrected chi connectivity index (χ0v) is 84.0. The third-order valence-electron chi connectivity index (χ3n) is 19.9. The number of carbonyl (C=O) groups excluding carboxylic acids is 3. The maximum Gasteiger partial charge on any atom is 0.335 e. The second kappa shape index (κ2) is 57.3. The number of aromatic hydroxyl groups is 1. The maximum absolute atomic E-state index is 13.1. The minimum Gasteiger partial charge on any atom is -0.507 e. The molecule has 4 heterocycles. The Hall–Kier alpha value is -11.3. The molecule has 1 aromatic heterocycles. The van der Waals surface area contributed by atoms with Crippen molar-refractivity contribution in [2.45, 2.75) is 107 Å². The van der Waals surface area contributed by atoms with E-state index in [4.69, 9.17) is 87.2 Å². The quantitative estimate of drug-likeness (QED) is 0.00562. The summed E-state index contributed by atoms with van der Waals surface area (Å²) < 4.78 is 71.3. The summed E-state index contributed by atoms with van der Waals surface area (Å²) in [6.07, 6.45) is 3.84. The molecule has 0 aliphatic carbocycles. The van der Waals surface area contributed by atoms with Crippen LogP contribution in [0.2, 0.25) is 15.1 Å². The number of phenolic OH excluding ortho intramolecular Hbond substituents is 1. The lowest BCUT2D eigenvalue weighted by Gasteiger charge is -2.37. The Morgan fingerprint density at radius 2 is 1.02 bits per heavy atom. The van der Waals surface area contributed by atoms with E-state index in [0.29, 0.717) is 116 Å². The molecule has 15 rings (SSSR count). The second-order valence-corrected chi connectivity index (χ2v) is 37.4. The first kappa shape index (κ1) is 113. The number of carboxylic acid groups (broad SMARTS) is 3. The van der Waals surface area contributed by atoms with Crippen molar-refractivity contribution < 1.29 is 128 Å². The number of carbonyl (C=O) groups is 6. The van der Waals surface area contributed by atoms with Gasteiger partial charge in [0.15, 0.2) is 17.3 Å². The van der Waals surface area contributed by atoms with Gasteiger partial charge >= 0.3 is 17.9 Å².